The zero-order chi connectivity index (χ0) is 19.9. The average Bonchev–Trinajstić information content (AvgIpc) is 3.13. The number of allylic oxidation sites excluding steroid dienone is 5. The molecule has 2 aliphatic rings. The first-order chi connectivity index (χ1) is 11.2. The number of hydrogen-bond acceptors (Lipinski definition) is 0. The Labute approximate surface area is 149 Å². The van der Waals surface area contributed by atoms with Gasteiger partial charge in [-0.2, -0.15) is 0 Å². The van der Waals surface area contributed by atoms with Crippen molar-refractivity contribution in [2.75, 3.05) is 0 Å². The van der Waals surface area contributed by atoms with Gasteiger partial charge in [-0.1, -0.05) is 0 Å². The van der Waals surface area contributed by atoms with Gasteiger partial charge in [0.25, 0.3) is 0 Å². The van der Waals surface area contributed by atoms with E-state index in [1.807, 2.05) is 0 Å². The number of hydrogen-bond donors (Lipinski definition) is 0. The first-order valence-electron chi connectivity index (χ1n) is 10.7. The fraction of sp³-hybridized carbons (Fsp3) is 0.520. The van der Waals surface area contributed by atoms with Crippen LogP contribution in [0.2, 0.25) is 36.4 Å². The Hall–Kier alpha value is -0.690. The van der Waals surface area contributed by atoms with Crippen LogP contribution in [-0.2, 0) is 15.8 Å². The van der Waals surface area contributed by atoms with Crippen molar-refractivity contribution in [1.82, 2.24) is 0 Å². The summed E-state index contributed by atoms with van der Waals surface area (Å²) in [5.41, 5.74) is 2.93. The minimum atomic E-state index is -5.56. The molecule has 3 rings (SSSR count). The van der Waals surface area contributed by atoms with Gasteiger partial charge in [0.1, 0.15) is 0 Å². The van der Waals surface area contributed by atoms with Crippen LogP contribution in [0.15, 0.2) is 54.6 Å². The van der Waals surface area contributed by atoms with E-state index in [4.69, 9.17) is 0 Å². The molecule has 2 unspecified atom stereocenters. The van der Waals surface area contributed by atoms with Gasteiger partial charge in [0.15, 0.2) is 0 Å². The van der Waals surface area contributed by atoms with Gasteiger partial charge in [-0.15, -0.1) is 0 Å². The summed E-state index contributed by atoms with van der Waals surface area (Å²) in [5.74, 6) is 0.533. The summed E-state index contributed by atoms with van der Waals surface area (Å²) in [4.78, 5) is 0. The van der Waals surface area contributed by atoms with E-state index in [9.17, 15) is 0 Å². The van der Waals surface area contributed by atoms with Crippen LogP contribution in [0.25, 0.3) is 6.08 Å². The molecule has 1 aromatic carbocycles. The molecule has 0 heterocycles. The Morgan fingerprint density at radius 1 is 0.923 bits per heavy atom. The van der Waals surface area contributed by atoms with E-state index >= 15 is 0 Å². The van der Waals surface area contributed by atoms with E-state index in [1.165, 1.54) is 11.1 Å². The van der Waals surface area contributed by atoms with Crippen molar-refractivity contribution < 1.29 is 12.6 Å². The van der Waals surface area contributed by atoms with Crippen molar-refractivity contribution in [1.29, 1.82) is 0 Å². The number of rotatable bonds is 4. The molecule has 0 N–H and O–H groups in total. The molecule has 0 spiro atoms. The summed E-state index contributed by atoms with van der Waals surface area (Å²) < 4.78 is 19.4. The molecule has 0 radical (unpaired) electrons. The summed E-state index contributed by atoms with van der Waals surface area (Å²) in [6.07, 6.45) is 15.7. The van der Waals surface area contributed by atoms with E-state index in [0.29, 0.717) is 9.59 Å². The van der Waals surface area contributed by atoms with Crippen molar-refractivity contribution in [2.45, 2.75) is 59.9 Å². The monoisotopic (exact) mass is 521 g/mol. The second-order valence-electron chi connectivity index (χ2n) is 19.8. The molecular formula is C25H41Hf. The zero-order valence-electron chi connectivity index (χ0n) is 18.6. The summed E-state index contributed by atoms with van der Waals surface area (Å²) in [6.45, 7) is 4.84. The van der Waals surface area contributed by atoms with Crippen molar-refractivity contribution >= 4 is 6.08 Å². The second-order valence-corrected chi connectivity index (χ2v) is 129. The van der Waals surface area contributed by atoms with Gasteiger partial charge in [-0.3, -0.25) is 0 Å². The standard InChI is InChI=1S/C13H15.C5H5.7CH3.Hf/c1-3-10(2)12-9-8-11-6-4-5-7-13(11)12;1-2-4-5-3-1;;;;;;;;/h4-10H,3H2,1-2H3;1-5H;7*1H3;. The first-order valence-corrected chi connectivity index (χ1v) is 39.7. The molecule has 0 nitrogen and oxygen atoms in total. The van der Waals surface area contributed by atoms with Gasteiger partial charge in [0.2, 0.25) is 0 Å². The normalized spacial score (nSPS) is 31.8. The van der Waals surface area contributed by atoms with Crippen LogP contribution in [0.1, 0.15) is 31.4 Å². The molecule has 0 aliphatic heterocycles. The molecule has 0 saturated carbocycles. The maximum atomic E-state index is 2.71. The van der Waals surface area contributed by atoms with E-state index < -0.39 is 12.6 Å². The summed E-state index contributed by atoms with van der Waals surface area (Å²) in [7, 11) is 0. The van der Waals surface area contributed by atoms with Gasteiger partial charge in [-0.25, -0.2) is 0 Å². The molecule has 1 heteroatoms. The fourth-order valence-corrected chi connectivity index (χ4v) is 48.0. The van der Waals surface area contributed by atoms with Crippen molar-refractivity contribution in [3.63, 3.8) is 0 Å². The molecule has 0 amide bonds. The maximum absolute atomic E-state index is 5.56. The fourth-order valence-electron chi connectivity index (χ4n) is 7.75. The Bertz CT molecular complexity index is 936. The van der Waals surface area contributed by atoms with Gasteiger partial charge < -0.3 is 0 Å². The third kappa shape index (κ3) is 1.94. The topological polar surface area (TPSA) is 0 Å². The number of fused-ring (bicyclic) bond motifs is 1. The Balaban J connectivity index is 2.70. The van der Waals surface area contributed by atoms with Crippen LogP contribution in [-0.4, -0.2) is 0 Å². The van der Waals surface area contributed by atoms with E-state index in [2.05, 4.69) is 107 Å². The molecule has 145 valence electrons. The van der Waals surface area contributed by atoms with Crippen LogP contribution in [0, 0.1) is 5.92 Å². The SMILES string of the molecule is CCC(C)[C]1([Hf]([CH3])([CH3])([CH3])([CH3])([CH3])([CH3])([CH3])[CH]2C=CC=C2)C=Cc2ccccc21. The predicted octanol–water partition coefficient (Wildman–Crippen LogP) is 9.04. The molecular weight excluding hydrogens is 479 g/mol. The van der Waals surface area contributed by atoms with Crippen LogP contribution < -0.4 is 0 Å². The number of benzene rings is 1. The Morgan fingerprint density at radius 3 is 2.00 bits per heavy atom. The predicted molar refractivity (Wildman–Crippen MR) is 120 cm³/mol. The zero-order valence-corrected chi connectivity index (χ0v) is 22.2. The molecule has 26 heavy (non-hydrogen) atoms. The van der Waals surface area contributed by atoms with E-state index in [0.717, 1.165) is 6.42 Å². The van der Waals surface area contributed by atoms with E-state index in [-0.39, 0.29) is 3.17 Å². The first kappa shape index (κ1) is 20.1. The van der Waals surface area contributed by atoms with Crippen LogP contribution in [0.4, 0.5) is 0 Å². The molecule has 0 fully saturated rings. The summed E-state index contributed by atoms with van der Waals surface area (Å²) in [5, 5.41) is 0. The van der Waals surface area contributed by atoms with Crippen LogP contribution in [0.3, 0.4) is 0 Å². The van der Waals surface area contributed by atoms with Gasteiger partial charge in [0.05, 0.1) is 0 Å². The van der Waals surface area contributed by atoms with Crippen molar-refractivity contribution in [3.8, 4) is 0 Å². The van der Waals surface area contributed by atoms with Crippen LogP contribution >= 0.6 is 0 Å². The molecule has 2 aliphatic carbocycles. The molecule has 0 aromatic heterocycles. The third-order valence-electron chi connectivity index (χ3n) is 9.70. The van der Waals surface area contributed by atoms with Gasteiger partial charge >= 0.3 is 150 Å². The Morgan fingerprint density at radius 2 is 1.46 bits per heavy atom. The molecule has 0 bridgehead atoms. The van der Waals surface area contributed by atoms with Gasteiger partial charge in [0, 0.05) is 0 Å². The third-order valence-corrected chi connectivity index (χ3v) is 54.9. The summed E-state index contributed by atoms with van der Waals surface area (Å²) >= 11 is -5.56. The Kier molecular flexibility index (Phi) is 2.46. The molecule has 2 atom stereocenters. The van der Waals surface area contributed by atoms with Gasteiger partial charge in [-0.05, 0) is 0 Å². The molecule has 1 aromatic rings. The second kappa shape index (κ2) is 3.19. The summed E-state index contributed by atoms with van der Waals surface area (Å²) in [6, 6.07) is 9.13. The van der Waals surface area contributed by atoms with Crippen molar-refractivity contribution in [3.05, 3.63) is 65.8 Å². The van der Waals surface area contributed by atoms with Crippen molar-refractivity contribution in [2.24, 2.45) is 5.92 Å². The molecule has 0 saturated heterocycles. The average molecular weight is 520 g/mol. The van der Waals surface area contributed by atoms with Crippen LogP contribution in [0.5, 0.6) is 0 Å². The minimum absolute atomic E-state index is 0.0312. The quantitative estimate of drug-likeness (QED) is 0.348. The van der Waals surface area contributed by atoms with E-state index in [1.54, 1.807) is 0 Å².